The molecular formula is C17H12BrF7N2O2. The Kier molecular flexibility index (Phi) is 6.76. The van der Waals surface area contributed by atoms with E-state index in [-0.39, 0.29) is 16.2 Å². The van der Waals surface area contributed by atoms with Gasteiger partial charge in [-0.25, -0.2) is 4.39 Å². The molecule has 0 aliphatic rings. The van der Waals surface area contributed by atoms with Gasteiger partial charge in [0.15, 0.2) is 0 Å². The molecule has 0 unspecified atom stereocenters. The zero-order valence-corrected chi connectivity index (χ0v) is 15.9. The summed E-state index contributed by atoms with van der Waals surface area (Å²) in [6, 6.07) is 5.48. The van der Waals surface area contributed by atoms with Crippen molar-refractivity contribution in [3.63, 3.8) is 0 Å². The third-order valence-electron chi connectivity index (χ3n) is 3.89. The lowest BCUT2D eigenvalue weighted by Gasteiger charge is -2.27. The summed E-state index contributed by atoms with van der Waals surface area (Å²) in [5, 5.41) is 11.4. The molecule has 0 fully saturated rings. The molecule has 0 aromatic heterocycles. The molecular weight excluding hydrogens is 477 g/mol. The molecule has 29 heavy (non-hydrogen) atoms. The van der Waals surface area contributed by atoms with E-state index in [1.807, 2.05) is 0 Å². The van der Waals surface area contributed by atoms with Gasteiger partial charge in [0.05, 0.1) is 21.4 Å². The lowest BCUT2D eigenvalue weighted by Crippen LogP contribution is -2.29. The fraction of sp³-hybridized carbons (Fsp3) is 0.294. The topological polar surface area (TPSA) is 46.4 Å². The molecule has 0 atom stereocenters. The van der Waals surface area contributed by atoms with E-state index in [4.69, 9.17) is 0 Å². The van der Waals surface area contributed by atoms with E-state index in [1.54, 1.807) is 0 Å². The van der Waals surface area contributed by atoms with E-state index in [1.165, 1.54) is 12.1 Å². The average molecular weight is 489 g/mol. The maximum Gasteiger partial charge on any atom is 0.416 e. The SMILES string of the molecule is O=[N+]([O-])c1c(Br)cccc1N(CCC(F)(F)F)Cc1ccc(F)cc1C(F)(F)F. The van der Waals surface area contributed by atoms with Crippen LogP contribution in [0.15, 0.2) is 40.9 Å². The second kappa shape index (κ2) is 8.56. The van der Waals surface area contributed by atoms with Crippen LogP contribution in [-0.2, 0) is 12.7 Å². The van der Waals surface area contributed by atoms with Crippen LogP contribution in [0.25, 0.3) is 0 Å². The van der Waals surface area contributed by atoms with Crippen LogP contribution in [0, 0.1) is 15.9 Å². The number of alkyl halides is 6. The molecule has 0 aliphatic heterocycles. The van der Waals surface area contributed by atoms with Crippen molar-refractivity contribution in [1.29, 1.82) is 0 Å². The molecule has 0 spiro atoms. The first-order chi connectivity index (χ1) is 13.3. The van der Waals surface area contributed by atoms with Gasteiger partial charge in [0.25, 0.3) is 0 Å². The lowest BCUT2D eigenvalue weighted by atomic mass is 10.1. The van der Waals surface area contributed by atoms with Crippen molar-refractivity contribution < 1.29 is 35.7 Å². The molecule has 2 rings (SSSR count). The summed E-state index contributed by atoms with van der Waals surface area (Å²) in [5.74, 6) is -1.17. The number of nitrogens with zero attached hydrogens (tertiary/aromatic N) is 2. The maximum absolute atomic E-state index is 13.3. The minimum atomic E-state index is -4.96. The fourth-order valence-electron chi connectivity index (χ4n) is 2.64. The average Bonchev–Trinajstić information content (AvgIpc) is 2.57. The number of nitro benzene ring substituents is 1. The second-order valence-electron chi connectivity index (χ2n) is 5.95. The summed E-state index contributed by atoms with van der Waals surface area (Å²) in [6.45, 7) is -1.59. The Labute approximate surface area is 168 Å². The third kappa shape index (κ3) is 6.05. The van der Waals surface area contributed by atoms with Gasteiger partial charge < -0.3 is 4.90 Å². The van der Waals surface area contributed by atoms with Gasteiger partial charge in [0.2, 0.25) is 0 Å². The van der Waals surface area contributed by atoms with Crippen molar-refractivity contribution in [2.75, 3.05) is 11.4 Å². The molecule has 0 amide bonds. The largest absolute Gasteiger partial charge is 0.416 e. The molecule has 0 radical (unpaired) electrons. The lowest BCUT2D eigenvalue weighted by molar-refractivity contribution is -0.385. The van der Waals surface area contributed by atoms with Crippen LogP contribution in [0.4, 0.5) is 42.1 Å². The van der Waals surface area contributed by atoms with Gasteiger partial charge in [0, 0.05) is 13.1 Å². The number of para-hydroxylation sites is 1. The molecule has 0 heterocycles. The Morgan fingerprint density at radius 2 is 1.72 bits per heavy atom. The smallest absolute Gasteiger partial charge is 0.361 e. The Balaban J connectivity index is 2.55. The molecule has 0 saturated heterocycles. The summed E-state index contributed by atoms with van der Waals surface area (Å²) >= 11 is 2.93. The number of rotatable bonds is 6. The summed E-state index contributed by atoms with van der Waals surface area (Å²) in [4.78, 5) is 11.3. The highest BCUT2D eigenvalue weighted by Crippen LogP contribution is 2.38. The number of halogens is 8. The van der Waals surface area contributed by atoms with Gasteiger partial charge >= 0.3 is 18.0 Å². The van der Waals surface area contributed by atoms with Crippen LogP contribution in [0.2, 0.25) is 0 Å². The maximum atomic E-state index is 13.3. The minimum Gasteiger partial charge on any atom is -0.361 e. The molecule has 0 aliphatic carbocycles. The highest BCUT2D eigenvalue weighted by molar-refractivity contribution is 9.10. The molecule has 12 heteroatoms. The third-order valence-corrected chi connectivity index (χ3v) is 4.53. The standard InChI is InChI=1S/C17H12BrF7N2O2/c18-13-2-1-3-14(15(13)27(28)29)26(7-6-16(20,21)22)9-10-4-5-11(19)8-12(10)17(23,24)25/h1-5,8H,6-7,9H2. The Morgan fingerprint density at radius 1 is 1.07 bits per heavy atom. The Hall–Kier alpha value is -2.37. The van der Waals surface area contributed by atoms with Crippen molar-refractivity contribution in [2.45, 2.75) is 25.3 Å². The fourth-order valence-corrected chi connectivity index (χ4v) is 3.14. The van der Waals surface area contributed by atoms with Crippen LogP contribution in [0.3, 0.4) is 0 Å². The normalized spacial score (nSPS) is 12.1. The number of anilines is 1. The van der Waals surface area contributed by atoms with Crippen LogP contribution < -0.4 is 4.90 Å². The first kappa shape index (κ1) is 22.9. The van der Waals surface area contributed by atoms with Crippen LogP contribution in [0.5, 0.6) is 0 Å². The quantitative estimate of drug-likeness (QED) is 0.265. The van der Waals surface area contributed by atoms with Crippen molar-refractivity contribution in [3.05, 3.63) is 67.9 Å². The van der Waals surface area contributed by atoms with Crippen LogP contribution in [-0.4, -0.2) is 17.6 Å². The zero-order chi connectivity index (χ0) is 22.0. The molecule has 0 bridgehead atoms. The van der Waals surface area contributed by atoms with E-state index in [2.05, 4.69) is 15.9 Å². The second-order valence-corrected chi connectivity index (χ2v) is 6.80. The summed E-state index contributed by atoms with van der Waals surface area (Å²) in [6.07, 6.45) is -11.0. The zero-order valence-electron chi connectivity index (χ0n) is 14.3. The highest BCUT2D eigenvalue weighted by atomic mass is 79.9. The van der Waals surface area contributed by atoms with Crippen molar-refractivity contribution in [2.24, 2.45) is 0 Å². The summed E-state index contributed by atoms with van der Waals surface area (Å²) in [7, 11) is 0. The molecule has 2 aromatic rings. The summed E-state index contributed by atoms with van der Waals surface area (Å²) < 4.78 is 91.2. The number of benzene rings is 2. The van der Waals surface area contributed by atoms with E-state index in [9.17, 15) is 40.8 Å². The van der Waals surface area contributed by atoms with Crippen molar-refractivity contribution in [3.8, 4) is 0 Å². The molecule has 0 saturated carbocycles. The van der Waals surface area contributed by atoms with Gasteiger partial charge in [-0.2, -0.15) is 26.3 Å². The van der Waals surface area contributed by atoms with Gasteiger partial charge in [-0.15, -0.1) is 0 Å². The van der Waals surface area contributed by atoms with Gasteiger partial charge in [-0.05, 0) is 45.8 Å². The van der Waals surface area contributed by atoms with E-state index < -0.39 is 59.4 Å². The predicted molar refractivity (Wildman–Crippen MR) is 93.9 cm³/mol. The van der Waals surface area contributed by atoms with Gasteiger partial charge in [0.1, 0.15) is 11.5 Å². The first-order valence-corrected chi connectivity index (χ1v) is 8.69. The Bertz CT molecular complexity index is 900. The van der Waals surface area contributed by atoms with Gasteiger partial charge in [-0.3, -0.25) is 10.1 Å². The van der Waals surface area contributed by atoms with E-state index >= 15 is 0 Å². The van der Waals surface area contributed by atoms with E-state index in [0.717, 1.165) is 23.1 Å². The van der Waals surface area contributed by atoms with Gasteiger partial charge in [-0.1, -0.05) is 12.1 Å². The number of nitro groups is 1. The first-order valence-electron chi connectivity index (χ1n) is 7.90. The van der Waals surface area contributed by atoms with Crippen LogP contribution in [0.1, 0.15) is 17.5 Å². The monoisotopic (exact) mass is 488 g/mol. The molecule has 0 N–H and O–H groups in total. The molecule has 2 aromatic carbocycles. The molecule has 4 nitrogen and oxygen atoms in total. The minimum absolute atomic E-state index is 0.0489. The Morgan fingerprint density at radius 3 is 2.28 bits per heavy atom. The van der Waals surface area contributed by atoms with Crippen LogP contribution >= 0.6 is 15.9 Å². The predicted octanol–water partition coefficient (Wildman–Crippen LogP) is 6.47. The number of hydrogen-bond donors (Lipinski definition) is 0. The number of hydrogen-bond acceptors (Lipinski definition) is 3. The summed E-state index contributed by atoms with van der Waals surface area (Å²) in [5.41, 5.74) is -2.78. The molecule has 158 valence electrons. The van der Waals surface area contributed by atoms with Crippen molar-refractivity contribution in [1.82, 2.24) is 0 Å². The van der Waals surface area contributed by atoms with E-state index in [0.29, 0.717) is 0 Å². The van der Waals surface area contributed by atoms with Crippen molar-refractivity contribution >= 4 is 27.3 Å². The highest BCUT2D eigenvalue weighted by Gasteiger charge is 2.35.